The van der Waals surface area contributed by atoms with Crippen molar-refractivity contribution in [3.05, 3.63) is 75.0 Å². The molecule has 3 atom stereocenters. The molecule has 1 aromatic heterocycles. The van der Waals surface area contributed by atoms with Crippen LogP contribution in [0.2, 0.25) is 10.0 Å². The first-order valence-corrected chi connectivity index (χ1v) is 16.9. The number of ether oxygens (including phenoxy) is 3. The molecule has 3 aliphatic carbocycles. The first kappa shape index (κ1) is 30.5. The van der Waals surface area contributed by atoms with Crippen LogP contribution in [0.1, 0.15) is 87.1 Å². The van der Waals surface area contributed by atoms with E-state index in [4.69, 9.17) is 37.4 Å². The van der Waals surface area contributed by atoms with Crippen LogP contribution < -0.4 is 19.5 Å². The molecule has 7 rings (SSSR count). The predicted octanol–water partition coefficient (Wildman–Crippen LogP) is 8.58. The van der Waals surface area contributed by atoms with E-state index in [0.29, 0.717) is 65.4 Å². The Bertz CT molecular complexity index is 1620. The second-order valence-electron chi connectivity index (χ2n) is 13.6. The molecule has 3 aromatic rings. The summed E-state index contributed by atoms with van der Waals surface area (Å²) in [5, 5.41) is 15.1. The molecule has 1 fully saturated rings. The van der Waals surface area contributed by atoms with E-state index in [9.17, 15) is 9.90 Å². The lowest BCUT2D eigenvalue weighted by molar-refractivity contribution is -0.144. The number of aliphatic carboxylic acids is 1. The van der Waals surface area contributed by atoms with Gasteiger partial charge in [0.25, 0.3) is 0 Å². The largest absolute Gasteiger partial charge is 0.493 e. The number of aryl methyl sites for hydroxylation is 1. The zero-order valence-corrected chi connectivity index (χ0v) is 27.3. The Morgan fingerprint density at radius 2 is 2.00 bits per heavy atom. The van der Waals surface area contributed by atoms with Gasteiger partial charge in [0, 0.05) is 28.2 Å². The highest BCUT2D eigenvalue weighted by molar-refractivity contribution is 6.33. The van der Waals surface area contributed by atoms with Crippen molar-refractivity contribution in [2.45, 2.75) is 88.5 Å². The van der Waals surface area contributed by atoms with Crippen LogP contribution in [0.3, 0.4) is 0 Å². The number of carbonyl (C=O) groups is 1. The van der Waals surface area contributed by atoms with E-state index in [2.05, 4.69) is 30.2 Å². The standard InChI is InChI=1S/C36H40Cl2N2O5/c1-21(19-43-29-9-14-39-28-8-3-5-22(2)31(28)29)15-23-16-26-27(18-30-33(32(26)38)45-20-44-30)35(23)10-12-36(13-11-35,34(41)42)40-25-7-4-6-24(37)17-25/h4,6-7,9,14,17-18,21-23,40H,3,5,8,10-13,15-16,19-20H2,1-2H3,(H,41,42)/t21-,22-,23?,35?,36?/m1/s1. The molecule has 2 heterocycles. The Labute approximate surface area is 274 Å². The minimum atomic E-state index is -1.09. The van der Waals surface area contributed by atoms with E-state index in [-0.39, 0.29) is 24.0 Å². The molecule has 238 valence electrons. The third-order valence-corrected chi connectivity index (χ3v) is 11.5. The quantitative estimate of drug-likeness (QED) is 0.252. The molecule has 0 saturated heterocycles. The van der Waals surface area contributed by atoms with Crippen LogP contribution in [-0.4, -0.2) is 35.0 Å². The first-order chi connectivity index (χ1) is 21.7. The van der Waals surface area contributed by atoms with Crippen LogP contribution >= 0.6 is 23.2 Å². The van der Waals surface area contributed by atoms with Crippen molar-refractivity contribution >= 4 is 34.9 Å². The SMILES string of the molecule is C[C@@H](COc1ccnc2c1[C@H](C)CCC2)CC1Cc2c(cc3c(c2Cl)OCO3)C12CCC(Nc1cccc(Cl)c1)(C(=O)O)CC2. The predicted molar refractivity (Wildman–Crippen MR) is 175 cm³/mol. The average molecular weight is 652 g/mol. The fourth-order valence-electron chi connectivity index (χ4n) is 8.55. The van der Waals surface area contributed by atoms with Crippen molar-refractivity contribution in [2.75, 3.05) is 18.7 Å². The number of aromatic nitrogens is 1. The third-order valence-electron chi connectivity index (χ3n) is 10.9. The summed E-state index contributed by atoms with van der Waals surface area (Å²) in [6.45, 7) is 5.29. The van der Waals surface area contributed by atoms with Crippen molar-refractivity contribution in [3.8, 4) is 17.2 Å². The van der Waals surface area contributed by atoms with Gasteiger partial charge in [-0.15, -0.1) is 0 Å². The maximum Gasteiger partial charge on any atom is 0.329 e. The third kappa shape index (κ3) is 5.40. The summed E-state index contributed by atoms with van der Waals surface area (Å²) in [5.41, 5.74) is 4.14. The number of nitrogens with one attached hydrogen (secondary N) is 1. The first-order valence-electron chi connectivity index (χ1n) is 16.2. The van der Waals surface area contributed by atoms with Crippen molar-refractivity contribution in [1.82, 2.24) is 4.98 Å². The van der Waals surface area contributed by atoms with Crippen LogP contribution in [0.5, 0.6) is 17.2 Å². The monoisotopic (exact) mass is 650 g/mol. The highest BCUT2D eigenvalue weighted by Gasteiger charge is 2.55. The molecular formula is C36H40Cl2N2O5. The molecule has 7 nitrogen and oxygen atoms in total. The van der Waals surface area contributed by atoms with E-state index in [0.717, 1.165) is 37.0 Å². The number of carboxylic acid groups (broad SMARTS) is 1. The van der Waals surface area contributed by atoms with Gasteiger partial charge in [0.2, 0.25) is 6.79 Å². The van der Waals surface area contributed by atoms with Crippen LogP contribution in [0.4, 0.5) is 5.69 Å². The van der Waals surface area contributed by atoms with Gasteiger partial charge >= 0.3 is 5.97 Å². The van der Waals surface area contributed by atoms with Crippen LogP contribution in [0.15, 0.2) is 42.6 Å². The van der Waals surface area contributed by atoms with E-state index in [1.807, 2.05) is 24.4 Å². The van der Waals surface area contributed by atoms with Gasteiger partial charge in [0.05, 0.1) is 11.6 Å². The molecule has 1 spiro atoms. The Balaban J connectivity index is 1.15. The molecular weight excluding hydrogens is 611 g/mol. The number of halogens is 2. The van der Waals surface area contributed by atoms with Gasteiger partial charge in [-0.3, -0.25) is 4.98 Å². The number of carboxylic acids is 1. The lowest BCUT2D eigenvalue weighted by Gasteiger charge is -2.47. The number of hydrogen-bond acceptors (Lipinski definition) is 6. The highest BCUT2D eigenvalue weighted by Crippen LogP contribution is 2.60. The normalized spacial score (nSPS) is 27.1. The second kappa shape index (κ2) is 11.9. The maximum absolute atomic E-state index is 12.9. The molecule has 45 heavy (non-hydrogen) atoms. The molecule has 0 amide bonds. The van der Waals surface area contributed by atoms with Gasteiger partial charge in [-0.1, -0.05) is 43.1 Å². The topological polar surface area (TPSA) is 89.9 Å². The fraction of sp³-hybridized carbons (Fsp3) is 0.500. The Hall–Kier alpha value is -3.16. The van der Waals surface area contributed by atoms with Crippen LogP contribution in [0.25, 0.3) is 0 Å². The van der Waals surface area contributed by atoms with Gasteiger partial charge in [-0.25, -0.2) is 4.79 Å². The molecule has 4 aliphatic rings. The number of nitrogens with zero attached hydrogens (tertiary/aromatic N) is 1. The molecule has 1 saturated carbocycles. The van der Waals surface area contributed by atoms with Gasteiger partial charge in [-0.2, -0.15) is 0 Å². The molecule has 1 unspecified atom stereocenters. The molecule has 0 bridgehead atoms. The van der Waals surface area contributed by atoms with Crippen molar-refractivity contribution in [3.63, 3.8) is 0 Å². The lowest BCUT2D eigenvalue weighted by atomic mass is 9.59. The van der Waals surface area contributed by atoms with Crippen LogP contribution in [0, 0.1) is 11.8 Å². The zero-order valence-electron chi connectivity index (χ0n) is 25.8. The van der Waals surface area contributed by atoms with Gasteiger partial charge in [-0.05, 0) is 122 Å². The van der Waals surface area contributed by atoms with E-state index in [1.165, 1.54) is 23.2 Å². The number of pyridine rings is 1. The van der Waals surface area contributed by atoms with Crippen molar-refractivity contribution in [2.24, 2.45) is 11.8 Å². The molecule has 2 N–H and O–H groups in total. The molecule has 0 radical (unpaired) electrons. The summed E-state index contributed by atoms with van der Waals surface area (Å²) >= 11 is 13.2. The van der Waals surface area contributed by atoms with Gasteiger partial charge in [0.1, 0.15) is 11.3 Å². The number of benzene rings is 2. The van der Waals surface area contributed by atoms with Crippen molar-refractivity contribution < 1.29 is 24.1 Å². The summed E-state index contributed by atoms with van der Waals surface area (Å²) in [7, 11) is 0. The number of hydrogen-bond donors (Lipinski definition) is 2. The minimum Gasteiger partial charge on any atom is -0.493 e. The molecule has 1 aliphatic heterocycles. The summed E-state index contributed by atoms with van der Waals surface area (Å²) in [6.07, 6.45) is 9.34. The lowest BCUT2D eigenvalue weighted by Crippen LogP contribution is -2.53. The highest BCUT2D eigenvalue weighted by atomic mass is 35.5. The Kier molecular flexibility index (Phi) is 8.06. The Morgan fingerprint density at radius 1 is 1.18 bits per heavy atom. The smallest absolute Gasteiger partial charge is 0.329 e. The fourth-order valence-corrected chi connectivity index (χ4v) is 9.06. The van der Waals surface area contributed by atoms with Gasteiger partial charge < -0.3 is 24.6 Å². The summed E-state index contributed by atoms with van der Waals surface area (Å²) in [5.74, 6) is 2.43. The van der Waals surface area contributed by atoms with Gasteiger partial charge in [0.15, 0.2) is 11.5 Å². The second-order valence-corrected chi connectivity index (χ2v) is 14.5. The maximum atomic E-state index is 12.9. The average Bonchev–Trinajstić information content (AvgIpc) is 3.61. The minimum absolute atomic E-state index is 0.158. The molecule has 2 aromatic carbocycles. The number of anilines is 1. The summed E-state index contributed by atoms with van der Waals surface area (Å²) < 4.78 is 18.1. The summed E-state index contributed by atoms with van der Waals surface area (Å²) in [6, 6.07) is 11.4. The Morgan fingerprint density at radius 3 is 2.78 bits per heavy atom. The van der Waals surface area contributed by atoms with E-state index in [1.54, 1.807) is 12.1 Å². The zero-order chi connectivity index (χ0) is 31.3. The van der Waals surface area contributed by atoms with E-state index < -0.39 is 11.5 Å². The van der Waals surface area contributed by atoms with E-state index >= 15 is 0 Å². The molecule has 9 heteroatoms. The number of fused-ring (bicyclic) bond motifs is 4. The summed E-state index contributed by atoms with van der Waals surface area (Å²) in [4.78, 5) is 17.5. The number of rotatable bonds is 8. The van der Waals surface area contributed by atoms with Crippen molar-refractivity contribution in [1.29, 1.82) is 0 Å². The van der Waals surface area contributed by atoms with Crippen LogP contribution in [-0.2, 0) is 23.1 Å².